The highest BCUT2D eigenvalue weighted by molar-refractivity contribution is 7.99. The second kappa shape index (κ2) is 6.68. The topological polar surface area (TPSA) is 64.2 Å². The molecule has 0 saturated carbocycles. The zero-order chi connectivity index (χ0) is 17.2. The van der Waals surface area contributed by atoms with Crippen LogP contribution < -0.4 is 10.6 Å². The first-order chi connectivity index (χ1) is 12.2. The molecule has 0 unspecified atom stereocenters. The van der Waals surface area contributed by atoms with Gasteiger partial charge in [0.05, 0.1) is 0 Å². The Kier molecular flexibility index (Phi) is 4.23. The van der Waals surface area contributed by atoms with Gasteiger partial charge >= 0.3 is 12.1 Å². The fourth-order valence-corrected chi connectivity index (χ4v) is 3.08. The summed E-state index contributed by atoms with van der Waals surface area (Å²) in [7, 11) is 0. The molecule has 2 aliphatic rings. The number of carbonyl (C=O) groups is 2. The monoisotopic (exact) mass is 354 g/mol. The summed E-state index contributed by atoms with van der Waals surface area (Å²) >= 11 is 1.63. The van der Waals surface area contributed by atoms with Crippen LogP contribution in [0, 0.1) is 0 Å². The number of nitrogens with zero attached hydrogens (tertiary/aromatic N) is 2. The molecule has 4 amide bonds. The number of rotatable bonds is 4. The average molecular weight is 354 g/mol. The number of hydrogen-bond donors (Lipinski definition) is 2. The van der Waals surface area contributed by atoms with Gasteiger partial charge in [-0.05, 0) is 48.5 Å². The number of urea groups is 2. The van der Waals surface area contributed by atoms with Crippen molar-refractivity contribution in [3.8, 4) is 0 Å². The summed E-state index contributed by atoms with van der Waals surface area (Å²) in [6.45, 7) is 3.37. The smallest absolute Gasteiger partial charge is 0.321 e. The Hall–Kier alpha value is -2.67. The molecule has 2 aromatic rings. The quantitative estimate of drug-likeness (QED) is 0.826. The summed E-state index contributed by atoms with van der Waals surface area (Å²) in [6, 6.07) is 15.5. The highest BCUT2D eigenvalue weighted by atomic mass is 32.2. The molecule has 0 aromatic heterocycles. The van der Waals surface area contributed by atoms with Crippen molar-refractivity contribution in [1.29, 1.82) is 0 Å². The lowest BCUT2D eigenvalue weighted by Gasteiger charge is -2.08. The predicted octanol–water partition coefficient (Wildman–Crippen LogP) is 3.53. The van der Waals surface area contributed by atoms with E-state index in [1.54, 1.807) is 21.6 Å². The van der Waals surface area contributed by atoms with Crippen LogP contribution >= 0.6 is 11.8 Å². The summed E-state index contributed by atoms with van der Waals surface area (Å²) in [5, 5.41) is 5.74. The Morgan fingerprint density at radius 1 is 0.680 bits per heavy atom. The minimum Gasteiger partial charge on any atom is -0.321 e. The van der Waals surface area contributed by atoms with Gasteiger partial charge in [0.15, 0.2) is 0 Å². The molecule has 0 radical (unpaired) electrons. The number of benzene rings is 2. The van der Waals surface area contributed by atoms with Gasteiger partial charge in [0.1, 0.15) is 0 Å². The van der Waals surface area contributed by atoms with Crippen LogP contribution in [0.2, 0.25) is 0 Å². The van der Waals surface area contributed by atoms with Crippen LogP contribution in [-0.4, -0.2) is 48.0 Å². The number of hydrogen-bond acceptors (Lipinski definition) is 3. The maximum Gasteiger partial charge on any atom is 0.321 e. The van der Waals surface area contributed by atoms with Gasteiger partial charge in [0.2, 0.25) is 0 Å². The third kappa shape index (κ3) is 4.24. The first-order valence-electron chi connectivity index (χ1n) is 8.17. The molecule has 25 heavy (non-hydrogen) atoms. The van der Waals surface area contributed by atoms with Crippen LogP contribution in [0.4, 0.5) is 21.0 Å². The maximum absolute atomic E-state index is 11.7. The Morgan fingerprint density at radius 3 is 1.36 bits per heavy atom. The van der Waals surface area contributed by atoms with Crippen LogP contribution in [0.15, 0.2) is 58.3 Å². The zero-order valence-corrected chi connectivity index (χ0v) is 14.4. The number of amides is 4. The van der Waals surface area contributed by atoms with Crippen molar-refractivity contribution in [3.63, 3.8) is 0 Å². The van der Waals surface area contributed by atoms with Crippen molar-refractivity contribution in [2.24, 2.45) is 0 Å². The van der Waals surface area contributed by atoms with Crippen LogP contribution in [0.3, 0.4) is 0 Å². The molecule has 7 heteroatoms. The largest absolute Gasteiger partial charge is 0.321 e. The predicted molar refractivity (Wildman–Crippen MR) is 98.2 cm³/mol. The molecule has 2 N–H and O–H groups in total. The summed E-state index contributed by atoms with van der Waals surface area (Å²) < 4.78 is 0. The SMILES string of the molecule is O=C(Nc1ccc(Sc2ccc(NC(=O)N3CC3)cc2)cc1)N1CC1. The molecule has 4 rings (SSSR count). The molecule has 2 heterocycles. The summed E-state index contributed by atoms with van der Waals surface area (Å²) in [5.74, 6) is 0. The molecule has 2 aromatic carbocycles. The van der Waals surface area contributed by atoms with E-state index in [0.717, 1.165) is 47.3 Å². The van der Waals surface area contributed by atoms with Crippen LogP contribution in [0.25, 0.3) is 0 Å². The molecule has 0 atom stereocenters. The first kappa shape index (κ1) is 15.8. The second-order valence-electron chi connectivity index (χ2n) is 5.99. The second-order valence-corrected chi connectivity index (χ2v) is 7.13. The highest BCUT2D eigenvalue weighted by Crippen LogP contribution is 2.29. The van der Waals surface area contributed by atoms with Crippen LogP contribution in [0.1, 0.15) is 0 Å². The maximum atomic E-state index is 11.7. The number of anilines is 2. The van der Waals surface area contributed by atoms with E-state index in [1.807, 2.05) is 48.5 Å². The van der Waals surface area contributed by atoms with Crippen molar-refractivity contribution >= 4 is 35.2 Å². The minimum atomic E-state index is -0.0411. The standard InChI is InChI=1S/C18H18N4O2S/c23-17(21-9-10-21)19-13-1-5-15(6-2-13)25-16-7-3-14(4-8-16)20-18(24)22-11-12-22/h1-8H,9-12H2,(H,19,23)(H,20,24). The lowest BCUT2D eigenvalue weighted by atomic mass is 10.3. The molecule has 6 nitrogen and oxygen atoms in total. The van der Waals surface area contributed by atoms with E-state index >= 15 is 0 Å². The van der Waals surface area contributed by atoms with Gasteiger partial charge in [0.25, 0.3) is 0 Å². The average Bonchev–Trinajstić information content (AvgIpc) is 3.50. The van der Waals surface area contributed by atoms with Crippen LogP contribution in [0.5, 0.6) is 0 Å². The number of carbonyl (C=O) groups excluding carboxylic acids is 2. The van der Waals surface area contributed by atoms with Crippen LogP contribution in [-0.2, 0) is 0 Å². The van der Waals surface area contributed by atoms with Gasteiger partial charge in [-0.25, -0.2) is 9.59 Å². The molecule has 0 bridgehead atoms. The van der Waals surface area contributed by atoms with Crippen molar-refractivity contribution in [3.05, 3.63) is 48.5 Å². The van der Waals surface area contributed by atoms with E-state index in [4.69, 9.17) is 0 Å². The van der Waals surface area contributed by atoms with Crippen molar-refractivity contribution in [2.75, 3.05) is 36.8 Å². The van der Waals surface area contributed by atoms with E-state index in [2.05, 4.69) is 10.6 Å². The van der Waals surface area contributed by atoms with Crippen molar-refractivity contribution < 1.29 is 9.59 Å². The van der Waals surface area contributed by atoms with E-state index in [1.165, 1.54) is 0 Å². The van der Waals surface area contributed by atoms with Gasteiger partial charge < -0.3 is 20.4 Å². The Labute approximate surface area is 150 Å². The zero-order valence-electron chi connectivity index (χ0n) is 13.6. The van der Waals surface area contributed by atoms with E-state index < -0.39 is 0 Å². The Morgan fingerprint density at radius 2 is 1.04 bits per heavy atom. The normalized spacial score (nSPS) is 14.9. The van der Waals surface area contributed by atoms with Gasteiger partial charge in [-0.2, -0.15) is 0 Å². The molecule has 2 aliphatic heterocycles. The molecular formula is C18H18N4O2S. The summed E-state index contributed by atoms with van der Waals surface area (Å²) in [6.07, 6.45) is 0. The molecule has 0 spiro atoms. The van der Waals surface area contributed by atoms with Gasteiger partial charge in [-0.1, -0.05) is 11.8 Å². The fraction of sp³-hybridized carbons (Fsp3) is 0.222. The third-order valence-corrected chi connectivity index (χ3v) is 4.93. The number of nitrogens with one attached hydrogen (secondary N) is 2. The Balaban J connectivity index is 1.33. The van der Waals surface area contributed by atoms with Gasteiger partial charge in [-0.3, -0.25) is 0 Å². The molecular weight excluding hydrogens is 336 g/mol. The first-order valence-corrected chi connectivity index (χ1v) is 8.99. The lowest BCUT2D eigenvalue weighted by molar-refractivity contribution is 0.241. The minimum absolute atomic E-state index is 0.0411. The van der Waals surface area contributed by atoms with E-state index in [0.29, 0.717) is 0 Å². The molecule has 128 valence electrons. The summed E-state index contributed by atoms with van der Waals surface area (Å²) in [4.78, 5) is 29.0. The van der Waals surface area contributed by atoms with Gasteiger partial charge in [-0.15, -0.1) is 0 Å². The Bertz CT molecular complexity index is 716. The fourth-order valence-electron chi connectivity index (χ4n) is 2.26. The molecule has 2 saturated heterocycles. The van der Waals surface area contributed by atoms with Gasteiger partial charge in [0, 0.05) is 47.3 Å². The summed E-state index contributed by atoms with van der Waals surface area (Å²) in [5.41, 5.74) is 1.60. The highest BCUT2D eigenvalue weighted by Gasteiger charge is 2.24. The van der Waals surface area contributed by atoms with Crippen molar-refractivity contribution in [1.82, 2.24) is 9.80 Å². The van der Waals surface area contributed by atoms with E-state index in [-0.39, 0.29) is 12.1 Å². The van der Waals surface area contributed by atoms with E-state index in [9.17, 15) is 9.59 Å². The lowest BCUT2D eigenvalue weighted by Crippen LogP contribution is -2.18. The van der Waals surface area contributed by atoms with Crippen molar-refractivity contribution in [2.45, 2.75) is 9.79 Å². The third-order valence-electron chi connectivity index (χ3n) is 3.92. The molecule has 2 fully saturated rings. The molecule has 0 aliphatic carbocycles.